The van der Waals surface area contributed by atoms with Crippen LogP contribution < -0.4 is 5.32 Å². The molecular formula is C15H25N5O. The van der Waals surface area contributed by atoms with Crippen LogP contribution in [0.15, 0.2) is 18.5 Å². The summed E-state index contributed by atoms with van der Waals surface area (Å²) in [4.78, 5) is 0. The SMILES string of the molecule is Cc1nn(CCO)c(C)c1CN[C@@H](C)[C@H](C)n1cccn1. The van der Waals surface area contributed by atoms with Gasteiger partial charge < -0.3 is 10.4 Å². The molecule has 0 spiro atoms. The van der Waals surface area contributed by atoms with Gasteiger partial charge in [-0.1, -0.05) is 0 Å². The molecule has 0 bridgehead atoms. The van der Waals surface area contributed by atoms with E-state index in [-0.39, 0.29) is 12.6 Å². The van der Waals surface area contributed by atoms with Gasteiger partial charge in [0.1, 0.15) is 0 Å². The summed E-state index contributed by atoms with van der Waals surface area (Å²) >= 11 is 0. The molecule has 2 atom stereocenters. The van der Waals surface area contributed by atoms with Gasteiger partial charge in [0.05, 0.1) is 24.9 Å². The first-order valence-corrected chi connectivity index (χ1v) is 7.40. The van der Waals surface area contributed by atoms with Crippen LogP contribution in [0.1, 0.15) is 36.8 Å². The van der Waals surface area contributed by atoms with Crippen molar-refractivity contribution in [1.82, 2.24) is 24.9 Å². The van der Waals surface area contributed by atoms with Crippen LogP contribution in [0, 0.1) is 13.8 Å². The van der Waals surface area contributed by atoms with E-state index in [1.165, 1.54) is 5.56 Å². The largest absolute Gasteiger partial charge is 0.394 e. The Morgan fingerprint density at radius 2 is 2.10 bits per heavy atom. The topological polar surface area (TPSA) is 67.9 Å². The second-order valence-corrected chi connectivity index (χ2v) is 5.49. The van der Waals surface area contributed by atoms with E-state index in [0.29, 0.717) is 12.6 Å². The molecule has 6 heteroatoms. The number of aliphatic hydroxyl groups excluding tert-OH is 1. The molecule has 0 aliphatic carbocycles. The first-order valence-electron chi connectivity index (χ1n) is 7.40. The number of aliphatic hydroxyl groups is 1. The second kappa shape index (κ2) is 6.87. The van der Waals surface area contributed by atoms with Crippen molar-refractivity contribution < 1.29 is 5.11 Å². The molecule has 0 saturated heterocycles. The van der Waals surface area contributed by atoms with E-state index in [9.17, 15) is 0 Å². The molecule has 0 fully saturated rings. The van der Waals surface area contributed by atoms with Crippen molar-refractivity contribution in [3.05, 3.63) is 35.4 Å². The Hall–Kier alpha value is -1.66. The van der Waals surface area contributed by atoms with E-state index in [1.807, 2.05) is 35.5 Å². The third-order valence-electron chi connectivity index (χ3n) is 4.11. The third kappa shape index (κ3) is 3.51. The van der Waals surface area contributed by atoms with E-state index in [1.54, 1.807) is 6.20 Å². The van der Waals surface area contributed by atoms with E-state index in [0.717, 1.165) is 17.9 Å². The lowest BCUT2D eigenvalue weighted by Gasteiger charge is -2.22. The lowest BCUT2D eigenvalue weighted by molar-refractivity contribution is 0.267. The van der Waals surface area contributed by atoms with Gasteiger partial charge in [-0.05, 0) is 33.8 Å². The number of hydrogen-bond donors (Lipinski definition) is 2. The van der Waals surface area contributed by atoms with Gasteiger partial charge in [-0.25, -0.2) is 0 Å². The molecule has 0 amide bonds. The first-order chi connectivity index (χ1) is 10.0. The Morgan fingerprint density at radius 3 is 2.71 bits per heavy atom. The maximum absolute atomic E-state index is 9.05. The average molecular weight is 291 g/mol. The van der Waals surface area contributed by atoms with Crippen LogP contribution >= 0.6 is 0 Å². The van der Waals surface area contributed by atoms with E-state index >= 15 is 0 Å². The normalized spacial score (nSPS) is 14.3. The Kier molecular flexibility index (Phi) is 5.14. The first kappa shape index (κ1) is 15.7. The van der Waals surface area contributed by atoms with E-state index < -0.39 is 0 Å². The van der Waals surface area contributed by atoms with Gasteiger partial charge >= 0.3 is 0 Å². The fourth-order valence-corrected chi connectivity index (χ4v) is 2.49. The Morgan fingerprint density at radius 1 is 1.33 bits per heavy atom. The molecule has 0 aliphatic rings. The minimum absolute atomic E-state index is 0.113. The maximum atomic E-state index is 9.05. The quantitative estimate of drug-likeness (QED) is 0.810. The minimum Gasteiger partial charge on any atom is -0.394 e. The van der Waals surface area contributed by atoms with Gasteiger partial charge in [-0.15, -0.1) is 0 Å². The lowest BCUT2D eigenvalue weighted by atomic mass is 10.1. The third-order valence-corrected chi connectivity index (χ3v) is 4.11. The van der Waals surface area contributed by atoms with E-state index in [4.69, 9.17) is 5.11 Å². The van der Waals surface area contributed by atoms with Gasteiger partial charge in [0.25, 0.3) is 0 Å². The predicted octanol–water partition coefficient (Wildman–Crippen LogP) is 1.43. The number of hydrogen-bond acceptors (Lipinski definition) is 4. The van der Waals surface area contributed by atoms with E-state index in [2.05, 4.69) is 29.4 Å². The fraction of sp³-hybridized carbons (Fsp3) is 0.600. The Labute approximate surface area is 125 Å². The van der Waals surface area contributed by atoms with Crippen molar-refractivity contribution >= 4 is 0 Å². The highest BCUT2D eigenvalue weighted by molar-refractivity contribution is 5.24. The molecule has 21 heavy (non-hydrogen) atoms. The molecule has 2 heterocycles. The number of aryl methyl sites for hydroxylation is 1. The van der Waals surface area contributed by atoms with Crippen LogP contribution in [0.3, 0.4) is 0 Å². The highest BCUT2D eigenvalue weighted by Gasteiger charge is 2.16. The number of nitrogens with one attached hydrogen (secondary N) is 1. The van der Waals surface area contributed by atoms with Crippen molar-refractivity contribution in [1.29, 1.82) is 0 Å². The molecule has 0 saturated carbocycles. The summed E-state index contributed by atoms with van der Waals surface area (Å²) in [7, 11) is 0. The Balaban J connectivity index is 1.99. The number of rotatable bonds is 7. The van der Waals surface area contributed by atoms with Gasteiger partial charge in [-0.3, -0.25) is 9.36 Å². The molecule has 0 aromatic carbocycles. The molecule has 0 aliphatic heterocycles. The minimum atomic E-state index is 0.113. The molecule has 2 aromatic rings. The van der Waals surface area contributed by atoms with Crippen molar-refractivity contribution in [2.45, 2.75) is 52.9 Å². The molecule has 2 N–H and O–H groups in total. The van der Waals surface area contributed by atoms with Crippen LogP contribution in [0.2, 0.25) is 0 Å². The van der Waals surface area contributed by atoms with Gasteiger partial charge in [0.2, 0.25) is 0 Å². The zero-order valence-electron chi connectivity index (χ0n) is 13.2. The second-order valence-electron chi connectivity index (χ2n) is 5.49. The predicted molar refractivity (Wildman–Crippen MR) is 82.0 cm³/mol. The van der Waals surface area contributed by atoms with Gasteiger partial charge in [0, 0.05) is 36.2 Å². The summed E-state index contributed by atoms with van der Waals surface area (Å²) in [5, 5.41) is 21.4. The summed E-state index contributed by atoms with van der Waals surface area (Å²) in [6.45, 7) is 9.81. The zero-order chi connectivity index (χ0) is 15.4. The molecule has 2 rings (SSSR count). The van der Waals surface area contributed by atoms with Crippen LogP contribution in [0.4, 0.5) is 0 Å². The van der Waals surface area contributed by atoms with Crippen molar-refractivity contribution in [2.75, 3.05) is 6.61 Å². The molecule has 0 radical (unpaired) electrons. The highest BCUT2D eigenvalue weighted by Crippen LogP contribution is 2.15. The summed E-state index contributed by atoms with van der Waals surface area (Å²) in [6.07, 6.45) is 3.79. The van der Waals surface area contributed by atoms with Crippen LogP contribution in [-0.4, -0.2) is 37.3 Å². The summed E-state index contributed by atoms with van der Waals surface area (Å²) in [5.74, 6) is 0. The average Bonchev–Trinajstić information content (AvgIpc) is 3.07. The molecule has 6 nitrogen and oxygen atoms in total. The molecule has 0 unspecified atom stereocenters. The maximum Gasteiger partial charge on any atom is 0.0644 e. The highest BCUT2D eigenvalue weighted by atomic mass is 16.3. The fourth-order valence-electron chi connectivity index (χ4n) is 2.49. The summed E-state index contributed by atoms with van der Waals surface area (Å²) < 4.78 is 3.83. The van der Waals surface area contributed by atoms with Gasteiger partial charge in [0.15, 0.2) is 0 Å². The van der Waals surface area contributed by atoms with Crippen molar-refractivity contribution in [3.8, 4) is 0 Å². The number of nitrogens with zero attached hydrogens (tertiary/aromatic N) is 4. The zero-order valence-corrected chi connectivity index (χ0v) is 13.2. The van der Waals surface area contributed by atoms with Crippen LogP contribution in [0.5, 0.6) is 0 Å². The Bertz CT molecular complexity index is 561. The lowest BCUT2D eigenvalue weighted by Crippen LogP contribution is -2.33. The number of aromatic nitrogens is 4. The smallest absolute Gasteiger partial charge is 0.0644 e. The molecular weight excluding hydrogens is 266 g/mol. The monoisotopic (exact) mass is 291 g/mol. The van der Waals surface area contributed by atoms with Crippen LogP contribution in [-0.2, 0) is 13.1 Å². The summed E-state index contributed by atoms with van der Waals surface area (Å²) in [5.41, 5.74) is 3.35. The van der Waals surface area contributed by atoms with Crippen molar-refractivity contribution in [2.24, 2.45) is 0 Å². The standard InChI is InChI=1S/C15H25N5O/c1-11(13(3)19-7-5-6-17-19)16-10-15-12(2)18-20(8-9-21)14(15)4/h5-7,11,13,16,21H,8-10H2,1-4H3/t11-,13-/m0/s1. The van der Waals surface area contributed by atoms with Crippen LogP contribution in [0.25, 0.3) is 0 Å². The molecule has 116 valence electrons. The van der Waals surface area contributed by atoms with Gasteiger partial charge in [-0.2, -0.15) is 10.2 Å². The van der Waals surface area contributed by atoms with Crippen molar-refractivity contribution in [3.63, 3.8) is 0 Å². The summed E-state index contributed by atoms with van der Waals surface area (Å²) in [6, 6.07) is 2.52. The molecule has 2 aromatic heterocycles.